The highest BCUT2D eigenvalue weighted by Crippen LogP contribution is 2.43. The lowest BCUT2D eigenvalue weighted by Crippen LogP contribution is -2.23. The molecule has 1 aromatic rings. The first kappa shape index (κ1) is 31.2. The first-order valence-corrected chi connectivity index (χ1v) is 14.1. The van der Waals surface area contributed by atoms with Crippen LogP contribution in [0.15, 0.2) is 74.2 Å². The Bertz CT molecular complexity index is 1440. The van der Waals surface area contributed by atoms with Crippen molar-refractivity contribution < 1.29 is 9.15 Å². The molecule has 210 valence electrons. The molecular weight excluding hydrogens is 512 g/mol. The van der Waals surface area contributed by atoms with Crippen molar-refractivity contribution in [2.75, 3.05) is 0 Å². The van der Waals surface area contributed by atoms with E-state index in [-0.39, 0.29) is 27.2 Å². The van der Waals surface area contributed by atoms with Gasteiger partial charge < -0.3 is 4.74 Å². The topological polar surface area (TPSA) is 68.2 Å². The minimum atomic E-state index is -0.188. The van der Waals surface area contributed by atoms with Gasteiger partial charge in [-0.2, -0.15) is 5.26 Å². The minimum absolute atomic E-state index is 0.159. The molecule has 0 unspecified atom stereocenters. The lowest BCUT2D eigenvalue weighted by Gasteiger charge is -2.33. The van der Waals surface area contributed by atoms with Crippen LogP contribution in [-0.2, 0) is 15.6 Å². The molecule has 0 atom stereocenters. The van der Waals surface area contributed by atoms with Crippen molar-refractivity contribution in [3.63, 3.8) is 0 Å². The highest BCUT2D eigenvalue weighted by molar-refractivity contribution is 7.81. The van der Waals surface area contributed by atoms with Crippen molar-refractivity contribution in [1.82, 2.24) is 0 Å². The second-order valence-electron chi connectivity index (χ2n) is 14.7. The summed E-state index contributed by atoms with van der Waals surface area (Å²) in [5, 5.41) is 17.7. The fourth-order valence-electron chi connectivity index (χ4n) is 4.17. The van der Waals surface area contributed by atoms with E-state index in [2.05, 4.69) is 95.0 Å². The van der Waals surface area contributed by atoms with Crippen LogP contribution in [0.4, 0.5) is 0 Å². The molecule has 1 N–H and O–H groups in total. The number of nitrogens with one attached hydrogen (secondary N) is 1. The van der Waals surface area contributed by atoms with E-state index in [0.29, 0.717) is 10.4 Å². The maximum absolute atomic E-state index is 9.90. The van der Waals surface area contributed by atoms with Crippen molar-refractivity contribution in [3.05, 3.63) is 86.8 Å². The SMILES string of the molecule is CC(C)(C)C1=CC(=CC2=C(C(=C=N)C#N)/C(=C/c3cc(C(C)(C)C)[o+]c(C(C)(C)C)c3)C2=S)C=C(C(C)(C)C)O1. The molecule has 0 radical (unpaired) electrons. The maximum atomic E-state index is 9.90. The van der Waals surface area contributed by atoms with E-state index in [1.54, 1.807) is 0 Å². The van der Waals surface area contributed by atoms with Crippen LogP contribution >= 0.6 is 12.2 Å². The third-order valence-electron chi connectivity index (χ3n) is 6.72. The molecule has 0 aromatic carbocycles. The number of hydrogen-bond donors (Lipinski definition) is 1. The zero-order valence-electron chi connectivity index (χ0n) is 26.1. The molecule has 0 bridgehead atoms. The number of rotatable bonds is 3. The minimum Gasteiger partial charge on any atom is -0.465 e. The van der Waals surface area contributed by atoms with Crippen molar-refractivity contribution in [1.29, 1.82) is 10.7 Å². The fourth-order valence-corrected chi connectivity index (χ4v) is 4.49. The van der Waals surface area contributed by atoms with Gasteiger partial charge in [-0.3, -0.25) is 5.41 Å². The van der Waals surface area contributed by atoms with Crippen molar-refractivity contribution >= 4 is 29.0 Å². The fraction of sp³-hybridized carbons (Fsp3) is 0.457. The quantitative estimate of drug-likeness (QED) is 0.132. The average Bonchev–Trinajstić information content (AvgIpc) is 2.82. The van der Waals surface area contributed by atoms with Gasteiger partial charge in [0, 0.05) is 39.7 Å². The van der Waals surface area contributed by atoms with Crippen LogP contribution in [0.1, 0.15) is 100 Å². The molecular formula is C35H43N2O2S+. The largest absolute Gasteiger partial charge is 0.465 e. The molecule has 3 rings (SSSR count). The highest BCUT2D eigenvalue weighted by atomic mass is 32.1. The molecule has 1 aliphatic heterocycles. The van der Waals surface area contributed by atoms with Gasteiger partial charge in [-0.1, -0.05) is 53.8 Å². The third-order valence-corrected chi connectivity index (χ3v) is 7.16. The molecule has 0 saturated heterocycles. The Morgan fingerprint density at radius 3 is 1.68 bits per heavy atom. The van der Waals surface area contributed by atoms with Gasteiger partial charge >= 0.3 is 11.5 Å². The molecule has 40 heavy (non-hydrogen) atoms. The molecule has 1 aliphatic carbocycles. The van der Waals surface area contributed by atoms with Gasteiger partial charge in [0.15, 0.2) is 0 Å². The maximum Gasteiger partial charge on any atom is 0.335 e. The third kappa shape index (κ3) is 6.69. The molecule has 5 heteroatoms. The van der Waals surface area contributed by atoms with Gasteiger partial charge in [0.25, 0.3) is 0 Å². The van der Waals surface area contributed by atoms with Crippen molar-refractivity contribution in [3.8, 4) is 6.07 Å². The number of hydrogen-bond acceptors (Lipinski definition) is 4. The van der Waals surface area contributed by atoms with Crippen molar-refractivity contribution in [2.24, 2.45) is 10.8 Å². The van der Waals surface area contributed by atoms with E-state index in [9.17, 15) is 5.26 Å². The second kappa shape index (κ2) is 10.6. The number of nitrogens with zero attached hydrogens (tertiary/aromatic N) is 1. The monoisotopic (exact) mass is 555 g/mol. The first-order chi connectivity index (χ1) is 18.2. The number of allylic oxidation sites excluding steroid dienone is 10. The molecule has 0 fully saturated rings. The van der Waals surface area contributed by atoms with E-state index < -0.39 is 0 Å². The van der Waals surface area contributed by atoms with Crippen LogP contribution in [0.2, 0.25) is 0 Å². The van der Waals surface area contributed by atoms with Crippen LogP contribution in [0.5, 0.6) is 0 Å². The molecule has 0 saturated carbocycles. The Balaban J connectivity index is 2.27. The van der Waals surface area contributed by atoms with E-state index in [0.717, 1.165) is 45.3 Å². The summed E-state index contributed by atoms with van der Waals surface area (Å²) < 4.78 is 12.6. The molecule has 0 spiro atoms. The van der Waals surface area contributed by atoms with Gasteiger partial charge in [0.1, 0.15) is 23.2 Å². The van der Waals surface area contributed by atoms with E-state index in [4.69, 9.17) is 26.8 Å². The van der Waals surface area contributed by atoms with Gasteiger partial charge in [0.2, 0.25) is 0 Å². The molecule has 2 aliphatic rings. The number of nitriles is 1. The molecule has 1 aromatic heterocycles. The summed E-state index contributed by atoms with van der Waals surface area (Å²) in [6, 6.07) is 6.22. The van der Waals surface area contributed by atoms with Gasteiger partial charge in [-0.25, -0.2) is 4.42 Å². The van der Waals surface area contributed by atoms with Crippen LogP contribution in [0, 0.1) is 27.6 Å². The summed E-state index contributed by atoms with van der Waals surface area (Å²) >= 11 is 5.93. The lowest BCUT2D eigenvalue weighted by molar-refractivity contribution is 0.161. The summed E-state index contributed by atoms with van der Waals surface area (Å²) in [4.78, 5) is 0.656. The van der Waals surface area contributed by atoms with Gasteiger partial charge in [0.05, 0.1) is 15.7 Å². The predicted octanol–water partition coefficient (Wildman–Crippen LogP) is 9.73. The summed E-state index contributed by atoms with van der Waals surface area (Å²) in [6.07, 6.45) is 8.08. The Hall–Kier alpha value is -3.32. The van der Waals surface area contributed by atoms with E-state index in [1.807, 2.05) is 36.4 Å². The summed E-state index contributed by atoms with van der Waals surface area (Å²) in [5.74, 6) is 5.82. The van der Waals surface area contributed by atoms with Crippen LogP contribution in [0.3, 0.4) is 0 Å². The summed E-state index contributed by atoms with van der Waals surface area (Å²) in [6.45, 7) is 25.5. The van der Waals surface area contributed by atoms with Crippen LogP contribution in [-0.4, -0.2) is 10.7 Å². The van der Waals surface area contributed by atoms with Crippen molar-refractivity contribution in [2.45, 2.75) is 93.9 Å². The lowest BCUT2D eigenvalue weighted by atomic mass is 9.76. The standard InChI is InChI=1S/C35H43N2O2S/c1-32(2,3)26-15-21(16-27(38-26)33(4,5)6)13-24-30(23(19-36)20-37)25(31(24)40)14-22-17-28(34(7,8)9)39-29(18-22)35(10,11)12/h13-18,36H,1-12H3/q+1. The Kier molecular flexibility index (Phi) is 8.26. The van der Waals surface area contributed by atoms with Gasteiger partial charge in [-0.15, -0.1) is 0 Å². The van der Waals surface area contributed by atoms with E-state index in [1.165, 1.54) is 0 Å². The Morgan fingerprint density at radius 1 is 0.825 bits per heavy atom. The zero-order chi connectivity index (χ0) is 30.4. The molecule has 0 amide bonds. The second-order valence-corrected chi connectivity index (χ2v) is 15.1. The van der Waals surface area contributed by atoms with Gasteiger partial charge in [-0.05, 0) is 82.9 Å². The van der Waals surface area contributed by atoms with E-state index >= 15 is 0 Å². The molecule has 4 nitrogen and oxygen atoms in total. The number of ether oxygens (including phenoxy) is 1. The zero-order valence-corrected chi connectivity index (χ0v) is 27.0. The van der Waals surface area contributed by atoms with Crippen LogP contribution < -0.4 is 0 Å². The normalized spacial score (nSPS) is 17.4. The smallest absolute Gasteiger partial charge is 0.335 e. The Labute approximate surface area is 246 Å². The summed E-state index contributed by atoms with van der Waals surface area (Å²) in [5.41, 5.74) is 3.47. The predicted molar refractivity (Wildman–Crippen MR) is 169 cm³/mol. The number of thiocarbonyl (C=S) groups is 1. The average molecular weight is 556 g/mol. The Morgan fingerprint density at radius 2 is 1.30 bits per heavy atom. The van der Waals surface area contributed by atoms with Crippen LogP contribution in [0.25, 0.3) is 6.08 Å². The first-order valence-electron chi connectivity index (χ1n) is 13.7. The summed E-state index contributed by atoms with van der Waals surface area (Å²) in [7, 11) is 0. The molecule has 2 heterocycles. The highest BCUT2D eigenvalue weighted by Gasteiger charge is 2.36.